The van der Waals surface area contributed by atoms with Crippen molar-refractivity contribution in [3.8, 4) is 0 Å². The maximum atomic E-state index is 12.1. The fraction of sp³-hybridized carbons (Fsp3) is 0.467. The van der Waals surface area contributed by atoms with E-state index in [4.69, 9.17) is 27.9 Å². The Morgan fingerprint density at radius 2 is 2.05 bits per heavy atom. The minimum atomic E-state index is -0.500. The van der Waals surface area contributed by atoms with Crippen LogP contribution in [-0.2, 0) is 4.74 Å². The van der Waals surface area contributed by atoms with Crippen LogP contribution >= 0.6 is 23.2 Å². The van der Waals surface area contributed by atoms with Crippen molar-refractivity contribution in [3.05, 3.63) is 34.1 Å². The lowest BCUT2D eigenvalue weighted by Crippen LogP contribution is -2.39. The molecular weight excluding hydrogens is 311 g/mol. The van der Waals surface area contributed by atoms with Gasteiger partial charge >= 0.3 is 6.09 Å². The summed E-state index contributed by atoms with van der Waals surface area (Å²) in [6.07, 6.45) is 2.51. The van der Waals surface area contributed by atoms with Crippen LogP contribution in [-0.4, -0.2) is 34.7 Å². The Balaban J connectivity index is 2.11. The molecule has 21 heavy (non-hydrogen) atoms. The Morgan fingerprint density at radius 1 is 1.33 bits per heavy atom. The van der Waals surface area contributed by atoms with Crippen LogP contribution in [0.4, 0.5) is 4.79 Å². The molecule has 2 heterocycles. The van der Waals surface area contributed by atoms with Crippen LogP contribution in [0.1, 0.15) is 32.9 Å². The molecule has 1 aliphatic heterocycles. The number of hydrogen-bond acceptors (Lipinski definition) is 3. The number of halogens is 2. The Kier molecular flexibility index (Phi) is 4.79. The molecule has 0 saturated heterocycles. The third kappa shape index (κ3) is 4.35. The lowest BCUT2D eigenvalue weighted by Gasteiger charge is -2.30. The van der Waals surface area contributed by atoms with Crippen molar-refractivity contribution in [1.29, 1.82) is 0 Å². The average molecular weight is 329 g/mol. The number of hydrogen-bond donors (Lipinski definition) is 0. The summed E-state index contributed by atoms with van der Waals surface area (Å²) in [5.74, 6) is 0. The number of nitrogens with zero attached hydrogens (tertiary/aromatic N) is 2. The Labute approximate surface area is 134 Å². The van der Waals surface area contributed by atoms with Gasteiger partial charge in [0, 0.05) is 6.54 Å². The van der Waals surface area contributed by atoms with E-state index in [-0.39, 0.29) is 11.2 Å². The van der Waals surface area contributed by atoms with E-state index in [1.165, 1.54) is 0 Å². The van der Waals surface area contributed by atoms with Gasteiger partial charge in [0.15, 0.2) is 0 Å². The van der Waals surface area contributed by atoms with Crippen molar-refractivity contribution in [1.82, 2.24) is 9.88 Å². The van der Waals surface area contributed by atoms with Crippen LogP contribution < -0.4 is 0 Å². The highest BCUT2D eigenvalue weighted by Crippen LogP contribution is 2.25. The van der Waals surface area contributed by atoms with Crippen LogP contribution in [0.3, 0.4) is 0 Å². The first-order valence-electron chi connectivity index (χ1n) is 6.75. The second-order valence-electron chi connectivity index (χ2n) is 5.89. The van der Waals surface area contributed by atoms with Gasteiger partial charge in [0.2, 0.25) is 0 Å². The largest absolute Gasteiger partial charge is 0.444 e. The Hall–Kier alpha value is -1.26. The Morgan fingerprint density at radius 3 is 2.67 bits per heavy atom. The fourth-order valence-corrected chi connectivity index (χ4v) is 2.27. The molecule has 0 unspecified atom stereocenters. The van der Waals surface area contributed by atoms with Crippen LogP contribution in [0.15, 0.2) is 18.2 Å². The molecular formula is C15H18Cl2N2O2. The van der Waals surface area contributed by atoms with Crippen LogP contribution in [0, 0.1) is 0 Å². The summed E-state index contributed by atoms with van der Waals surface area (Å²) in [6, 6.07) is 3.51. The van der Waals surface area contributed by atoms with E-state index in [2.05, 4.69) is 11.1 Å². The predicted molar refractivity (Wildman–Crippen MR) is 84.7 cm³/mol. The number of pyridine rings is 1. The van der Waals surface area contributed by atoms with Crippen molar-refractivity contribution >= 4 is 34.9 Å². The van der Waals surface area contributed by atoms with E-state index in [0.717, 1.165) is 17.7 Å². The van der Waals surface area contributed by atoms with Gasteiger partial charge in [-0.15, -0.1) is 0 Å². The monoisotopic (exact) mass is 328 g/mol. The van der Waals surface area contributed by atoms with Crippen molar-refractivity contribution in [3.63, 3.8) is 0 Å². The molecule has 6 heteroatoms. The molecule has 0 saturated carbocycles. The minimum absolute atomic E-state index is 0.268. The zero-order valence-corrected chi connectivity index (χ0v) is 13.8. The zero-order chi connectivity index (χ0) is 15.6. The van der Waals surface area contributed by atoms with Crippen LogP contribution in [0.25, 0.3) is 5.57 Å². The van der Waals surface area contributed by atoms with Crippen molar-refractivity contribution < 1.29 is 9.53 Å². The van der Waals surface area contributed by atoms with E-state index in [9.17, 15) is 4.79 Å². The molecule has 1 aromatic rings. The van der Waals surface area contributed by atoms with E-state index in [0.29, 0.717) is 18.1 Å². The standard InChI is InChI=1S/C15H18Cl2N2O2/c1-15(2,3)21-14(20)19-8-4-5-10(9-19)12-7-6-11(16)13(17)18-12/h5-7H,4,8-9H2,1-3H3. The topological polar surface area (TPSA) is 42.4 Å². The number of carbonyl (C=O) groups is 1. The van der Waals surface area contributed by atoms with Gasteiger partial charge in [0.05, 0.1) is 17.3 Å². The molecule has 0 spiro atoms. The lowest BCUT2D eigenvalue weighted by atomic mass is 10.1. The van der Waals surface area contributed by atoms with Crippen molar-refractivity contribution in [2.45, 2.75) is 32.8 Å². The number of ether oxygens (including phenoxy) is 1. The van der Waals surface area contributed by atoms with Gasteiger partial charge in [-0.2, -0.15) is 0 Å². The van der Waals surface area contributed by atoms with Gasteiger partial charge in [0.25, 0.3) is 0 Å². The van der Waals surface area contributed by atoms with Crippen molar-refractivity contribution in [2.75, 3.05) is 13.1 Å². The molecule has 0 atom stereocenters. The van der Waals surface area contributed by atoms with E-state index in [1.54, 1.807) is 17.0 Å². The van der Waals surface area contributed by atoms with Gasteiger partial charge in [0.1, 0.15) is 10.8 Å². The molecule has 0 radical (unpaired) electrons. The molecule has 0 N–H and O–H groups in total. The maximum absolute atomic E-state index is 12.1. The van der Waals surface area contributed by atoms with Crippen LogP contribution in [0.2, 0.25) is 10.2 Å². The van der Waals surface area contributed by atoms with E-state index in [1.807, 2.05) is 20.8 Å². The van der Waals surface area contributed by atoms with Gasteiger partial charge in [-0.25, -0.2) is 9.78 Å². The van der Waals surface area contributed by atoms with Crippen LogP contribution in [0.5, 0.6) is 0 Å². The number of aromatic nitrogens is 1. The van der Waals surface area contributed by atoms with Gasteiger partial charge < -0.3 is 9.64 Å². The quantitative estimate of drug-likeness (QED) is 0.717. The molecule has 0 bridgehead atoms. The summed E-state index contributed by atoms with van der Waals surface area (Å²) in [7, 11) is 0. The first kappa shape index (κ1) is 16.1. The molecule has 0 aliphatic carbocycles. The smallest absolute Gasteiger partial charge is 0.410 e. The highest BCUT2D eigenvalue weighted by Gasteiger charge is 2.25. The summed E-state index contributed by atoms with van der Waals surface area (Å²) in [6.45, 7) is 6.66. The molecule has 4 nitrogen and oxygen atoms in total. The highest BCUT2D eigenvalue weighted by atomic mass is 35.5. The lowest BCUT2D eigenvalue weighted by molar-refractivity contribution is 0.0273. The maximum Gasteiger partial charge on any atom is 0.410 e. The second-order valence-corrected chi connectivity index (χ2v) is 6.65. The zero-order valence-electron chi connectivity index (χ0n) is 12.3. The summed E-state index contributed by atoms with van der Waals surface area (Å²) in [5, 5.41) is 0.685. The normalized spacial score (nSPS) is 15.7. The molecule has 1 aliphatic rings. The summed E-state index contributed by atoms with van der Waals surface area (Å²) >= 11 is 11.8. The van der Waals surface area contributed by atoms with Gasteiger partial charge in [-0.05, 0) is 44.9 Å². The van der Waals surface area contributed by atoms with Gasteiger partial charge in [-0.3, -0.25) is 0 Å². The van der Waals surface area contributed by atoms with E-state index >= 15 is 0 Å². The first-order valence-corrected chi connectivity index (χ1v) is 7.51. The Bertz CT molecular complexity index is 580. The minimum Gasteiger partial charge on any atom is -0.444 e. The third-order valence-corrected chi connectivity index (χ3v) is 3.62. The second kappa shape index (κ2) is 6.24. The fourth-order valence-electron chi connectivity index (χ4n) is 2.01. The van der Waals surface area contributed by atoms with Gasteiger partial charge in [-0.1, -0.05) is 29.3 Å². The molecule has 114 valence electrons. The molecule has 1 aromatic heterocycles. The molecule has 1 amide bonds. The molecule has 0 fully saturated rings. The predicted octanol–water partition coefficient (Wildman–Crippen LogP) is 4.41. The van der Waals surface area contributed by atoms with E-state index < -0.39 is 5.60 Å². The summed E-state index contributed by atoms with van der Waals surface area (Å²) in [5.41, 5.74) is 1.18. The highest BCUT2D eigenvalue weighted by molar-refractivity contribution is 6.41. The molecule has 0 aromatic carbocycles. The number of amides is 1. The summed E-state index contributed by atoms with van der Waals surface area (Å²) < 4.78 is 5.40. The number of rotatable bonds is 1. The molecule has 2 rings (SSSR count). The SMILES string of the molecule is CC(C)(C)OC(=O)N1CCC=C(c2ccc(Cl)c(Cl)n2)C1. The van der Waals surface area contributed by atoms with Crippen molar-refractivity contribution in [2.24, 2.45) is 0 Å². The summed E-state index contributed by atoms with van der Waals surface area (Å²) in [4.78, 5) is 18.0. The average Bonchev–Trinajstić information content (AvgIpc) is 2.40. The first-order chi connectivity index (χ1) is 9.76. The number of carbonyl (C=O) groups excluding carboxylic acids is 1. The third-order valence-electron chi connectivity index (χ3n) is 2.93.